The third kappa shape index (κ3) is 3.30. The number of rotatable bonds is 7. The lowest BCUT2D eigenvalue weighted by molar-refractivity contribution is -0.134. The average Bonchev–Trinajstić information content (AvgIpc) is 3.39. The summed E-state index contributed by atoms with van der Waals surface area (Å²) in [4.78, 5) is 23.5. The van der Waals surface area contributed by atoms with E-state index in [0.717, 1.165) is 50.8 Å². The van der Waals surface area contributed by atoms with Crippen LogP contribution in [0.25, 0.3) is 0 Å². The van der Waals surface area contributed by atoms with Gasteiger partial charge in [-0.15, -0.1) is 0 Å². The number of aromatic amines is 1. The molecule has 1 aromatic rings. The van der Waals surface area contributed by atoms with Gasteiger partial charge in [0.25, 0.3) is 0 Å². The normalized spacial score (nSPS) is 32.0. The van der Waals surface area contributed by atoms with Crippen molar-refractivity contribution in [1.82, 2.24) is 20.2 Å². The minimum absolute atomic E-state index is 0.185. The molecule has 3 atom stereocenters. The van der Waals surface area contributed by atoms with E-state index in [0.29, 0.717) is 30.0 Å². The molecule has 0 radical (unpaired) electrons. The summed E-state index contributed by atoms with van der Waals surface area (Å²) in [5.41, 5.74) is 0.980. The Morgan fingerprint density at radius 3 is 2.85 bits per heavy atom. The van der Waals surface area contributed by atoms with E-state index in [2.05, 4.69) is 34.0 Å². The predicted octanol–water partition coefficient (Wildman–Crippen LogP) is 3.63. The first-order valence-corrected chi connectivity index (χ1v) is 10.6. The molecule has 5 nitrogen and oxygen atoms in total. The fourth-order valence-corrected chi connectivity index (χ4v) is 5.68. The van der Waals surface area contributed by atoms with Gasteiger partial charge in [0.1, 0.15) is 0 Å². The highest BCUT2D eigenvalue weighted by Crippen LogP contribution is 2.53. The number of carbonyl (C=O) groups excluding carboxylic acids is 1. The Kier molecular flexibility index (Phi) is 5.09. The van der Waals surface area contributed by atoms with Crippen molar-refractivity contribution in [2.45, 2.75) is 96.3 Å². The largest absolute Gasteiger partial charge is 0.353 e. The standard InChI is InChI=1S/C21H34N4O/c1-15(2)9-10-21(20(26)24-16-5-3-4-6-16)11-18-7-8-19(21)25(18)13-17-12-22-14-23-17/h12,14-16,18-19H,3-11,13H2,1-2H3,(H,22,23)(H,24,26)/t18-,19+,21+/m1/s1. The van der Waals surface area contributed by atoms with Gasteiger partial charge >= 0.3 is 0 Å². The monoisotopic (exact) mass is 358 g/mol. The maximum Gasteiger partial charge on any atom is 0.228 e. The molecule has 0 unspecified atom stereocenters. The van der Waals surface area contributed by atoms with Crippen LogP contribution in [-0.4, -0.2) is 38.9 Å². The van der Waals surface area contributed by atoms with Crippen molar-refractivity contribution in [3.63, 3.8) is 0 Å². The zero-order chi connectivity index (χ0) is 18.1. The van der Waals surface area contributed by atoms with Crippen LogP contribution in [-0.2, 0) is 11.3 Å². The number of amides is 1. The summed E-state index contributed by atoms with van der Waals surface area (Å²) in [6.07, 6.45) is 14.1. The molecule has 2 N–H and O–H groups in total. The SMILES string of the molecule is CC(C)CC[C@]1(C(=O)NC2CCCC2)C[C@H]2CC[C@@H]1N2Cc1cnc[nH]1. The topological polar surface area (TPSA) is 61.0 Å². The summed E-state index contributed by atoms with van der Waals surface area (Å²) in [7, 11) is 0. The molecule has 26 heavy (non-hydrogen) atoms. The summed E-state index contributed by atoms with van der Waals surface area (Å²) in [5.74, 6) is 0.998. The van der Waals surface area contributed by atoms with Crippen LogP contribution in [0, 0.1) is 11.3 Å². The zero-order valence-corrected chi connectivity index (χ0v) is 16.3. The molecule has 2 saturated heterocycles. The highest BCUT2D eigenvalue weighted by molar-refractivity contribution is 5.84. The first-order chi connectivity index (χ1) is 12.6. The van der Waals surface area contributed by atoms with Crippen LogP contribution in [0.4, 0.5) is 0 Å². The van der Waals surface area contributed by atoms with Gasteiger partial charge in [0, 0.05) is 36.6 Å². The van der Waals surface area contributed by atoms with E-state index < -0.39 is 0 Å². The van der Waals surface area contributed by atoms with Crippen LogP contribution in [0.15, 0.2) is 12.5 Å². The van der Waals surface area contributed by atoms with Gasteiger partial charge < -0.3 is 10.3 Å². The highest BCUT2D eigenvalue weighted by Gasteiger charge is 2.59. The number of aromatic nitrogens is 2. The van der Waals surface area contributed by atoms with Crippen molar-refractivity contribution in [3.8, 4) is 0 Å². The molecule has 1 aromatic heterocycles. The molecule has 2 aliphatic heterocycles. The van der Waals surface area contributed by atoms with Crippen LogP contribution in [0.1, 0.15) is 77.3 Å². The van der Waals surface area contributed by atoms with E-state index in [1.807, 2.05) is 6.20 Å². The summed E-state index contributed by atoms with van der Waals surface area (Å²) in [5, 5.41) is 3.46. The Balaban J connectivity index is 1.53. The molecular weight excluding hydrogens is 324 g/mol. The summed E-state index contributed by atoms with van der Waals surface area (Å²) < 4.78 is 0. The third-order valence-electron chi connectivity index (χ3n) is 7.10. The van der Waals surface area contributed by atoms with Crippen LogP contribution >= 0.6 is 0 Å². The Morgan fingerprint density at radius 1 is 1.35 bits per heavy atom. The molecule has 1 aliphatic carbocycles. The molecule has 1 saturated carbocycles. The number of imidazole rings is 1. The van der Waals surface area contributed by atoms with Gasteiger partial charge in [0.2, 0.25) is 5.91 Å². The van der Waals surface area contributed by atoms with Crippen molar-refractivity contribution in [2.75, 3.05) is 0 Å². The van der Waals surface area contributed by atoms with Crippen molar-refractivity contribution in [2.24, 2.45) is 11.3 Å². The first-order valence-electron chi connectivity index (χ1n) is 10.6. The molecule has 144 valence electrons. The summed E-state index contributed by atoms with van der Waals surface area (Å²) in [6.45, 7) is 5.45. The maximum absolute atomic E-state index is 13.5. The van der Waals surface area contributed by atoms with Crippen LogP contribution in [0.5, 0.6) is 0 Å². The quantitative estimate of drug-likeness (QED) is 0.782. The van der Waals surface area contributed by atoms with E-state index in [4.69, 9.17) is 0 Å². The van der Waals surface area contributed by atoms with Crippen molar-refractivity contribution in [1.29, 1.82) is 0 Å². The lowest BCUT2D eigenvalue weighted by atomic mass is 9.69. The average molecular weight is 359 g/mol. The van der Waals surface area contributed by atoms with Gasteiger partial charge in [0.15, 0.2) is 0 Å². The molecule has 3 heterocycles. The molecule has 2 bridgehead atoms. The van der Waals surface area contributed by atoms with Gasteiger partial charge in [-0.05, 0) is 50.9 Å². The van der Waals surface area contributed by atoms with E-state index in [-0.39, 0.29) is 5.41 Å². The second-order valence-corrected chi connectivity index (χ2v) is 9.24. The van der Waals surface area contributed by atoms with Gasteiger partial charge in [-0.2, -0.15) is 0 Å². The van der Waals surface area contributed by atoms with Gasteiger partial charge in [-0.25, -0.2) is 4.98 Å². The van der Waals surface area contributed by atoms with Crippen molar-refractivity contribution in [3.05, 3.63) is 18.2 Å². The molecule has 3 fully saturated rings. The Labute approximate surface area is 157 Å². The molecule has 0 aromatic carbocycles. The Morgan fingerprint density at radius 2 is 2.15 bits per heavy atom. The molecular formula is C21H34N4O. The molecule has 4 rings (SSSR count). The predicted molar refractivity (Wildman–Crippen MR) is 102 cm³/mol. The Hall–Kier alpha value is -1.36. The molecule has 0 spiro atoms. The Bertz CT molecular complexity index is 608. The molecule has 1 amide bonds. The van der Waals surface area contributed by atoms with Gasteiger partial charge in [-0.1, -0.05) is 26.7 Å². The van der Waals surface area contributed by atoms with E-state index in [1.165, 1.54) is 19.3 Å². The number of carbonyl (C=O) groups is 1. The minimum atomic E-state index is -0.185. The molecule has 5 heteroatoms. The number of H-pyrrole nitrogens is 1. The fourth-order valence-electron chi connectivity index (χ4n) is 5.68. The van der Waals surface area contributed by atoms with Crippen LogP contribution in [0.2, 0.25) is 0 Å². The lowest BCUT2D eigenvalue weighted by Crippen LogP contribution is -2.51. The second-order valence-electron chi connectivity index (χ2n) is 9.24. The minimum Gasteiger partial charge on any atom is -0.353 e. The summed E-state index contributed by atoms with van der Waals surface area (Å²) >= 11 is 0. The number of fused-ring (bicyclic) bond motifs is 2. The zero-order valence-electron chi connectivity index (χ0n) is 16.3. The summed E-state index contributed by atoms with van der Waals surface area (Å²) in [6, 6.07) is 1.35. The number of nitrogens with one attached hydrogen (secondary N) is 2. The second kappa shape index (κ2) is 7.34. The third-order valence-corrected chi connectivity index (χ3v) is 7.10. The maximum atomic E-state index is 13.5. The van der Waals surface area contributed by atoms with E-state index in [9.17, 15) is 4.79 Å². The number of hydrogen-bond donors (Lipinski definition) is 2. The van der Waals surface area contributed by atoms with Crippen LogP contribution < -0.4 is 5.32 Å². The van der Waals surface area contributed by atoms with Gasteiger partial charge in [-0.3, -0.25) is 9.69 Å². The first kappa shape index (κ1) is 18.0. The smallest absolute Gasteiger partial charge is 0.228 e. The highest BCUT2D eigenvalue weighted by atomic mass is 16.2. The van der Waals surface area contributed by atoms with Crippen molar-refractivity contribution < 1.29 is 4.79 Å². The van der Waals surface area contributed by atoms with Crippen LogP contribution in [0.3, 0.4) is 0 Å². The molecule has 3 aliphatic rings. The number of hydrogen-bond acceptors (Lipinski definition) is 3. The van der Waals surface area contributed by atoms with Crippen molar-refractivity contribution >= 4 is 5.91 Å². The number of nitrogens with zero attached hydrogens (tertiary/aromatic N) is 2. The van der Waals surface area contributed by atoms with E-state index in [1.54, 1.807) is 6.33 Å². The van der Waals surface area contributed by atoms with E-state index >= 15 is 0 Å². The lowest BCUT2D eigenvalue weighted by Gasteiger charge is -2.38. The fraction of sp³-hybridized carbons (Fsp3) is 0.810. The van der Waals surface area contributed by atoms with Gasteiger partial charge in [0.05, 0.1) is 11.7 Å².